The van der Waals surface area contributed by atoms with E-state index >= 15 is 0 Å². The maximum atomic E-state index is 12.2. The van der Waals surface area contributed by atoms with E-state index < -0.39 is 0 Å². The van der Waals surface area contributed by atoms with Crippen molar-refractivity contribution in [3.8, 4) is 0 Å². The van der Waals surface area contributed by atoms with Crippen LogP contribution in [0.25, 0.3) is 0 Å². The normalized spacial score (nSPS) is 7.17. The highest BCUT2D eigenvalue weighted by molar-refractivity contribution is 5.14. The highest BCUT2D eigenvalue weighted by Crippen LogP contribution is 2.00. The molecule has 0 aromatic heterocycles. The number of hydrogen-bond acceptors (Lipinski definition) is 0. The molecule has 2 rings (SSSR count). The van der Waals surface area contributed by atoms with Crippen molar-refractivity contribution in [3.63, 3.8) is 0 Å². The minimum absolute atomic E-state index is 0.162. The third-order valence-corrected chi connectivity index (χ3v) is 1.99. The van der Waals surface area contributed by atoms with Crippen molar-refractivity contribution >= 4 is 0 Å². The lowest BCUT2D eigenvalue weighted by Crippen LogP contribution is -1.72. The highest BCUT2D eigenvalue weighted by Gasteiger charge is 1.85. The molecule has 24 heavy (non-hydrogen) atoms. The van der Waals surface area contributed by atoms with Crippen molar-refractivity contribution in [1.82, 2.24) is 0 Å². The molecule has 0 bridgehead atoms. The van der Waals surface area contributed by atoms with Crippen LogP contribution < -0.4 is 0 Å². The van der Waals surface area contributed by atoms with Crippen molar-refractivity contribution in [1.29, 1.82) is 0 Å². The minimum atomic E-state index is -0.171. The Bertz CT molecular complexity index is 396. The predicted octanol–water partition coefficient (Wildman–Crippen LogP) is 8.37. The topological polar surface area (TPSA) is 0 Å². The van der Waals surface area contributed by atoms with Crippen LogP contribution in [0.4, 0.5) is 8.78 Å². The van der Waals surface area contributed by atoms with Crippen LogP contribution in [-0.4, -0.2) is 0 Å². The Hall–Kier alpha value is -1.70. The van der Waals surface area contributed by atoms with Crippen LogP contribution in [0.1, 0.15) is 66.5 Å². The van der Waals surface area contributed by atoms with Gasteiger partial charge in [0.05, 0.1) is 0 Å². The summed E-state index contributed by atoms with van der Waals surface area (Å²) >= 11 is 0. The lowest BCUT2D eigenvalue weighted by molar-refractivity contribution is 0.626. The smallest absolute Gasteiger partial charge is 0.123 e. The monoisotopic (exact) mass is 340 g/mol. The van der Waals surface area contributed by atoms with Gasteiger partial charge < -0.3 is 0 Å². The number of rotatable bonds is 0. The zero-order valence-corrected chi connectivity index (χ0v) is 17.4. The van der Waals surface area contributed by atoms with Crippen LogP contribution in [-0.2, 0) is 0 Å². The number of benzene rings is 2. The summed E-state index contributed by atoms with van der Waals surface area (Å²) in [6, 6.07) is 12.9. The molecular formula is C22H38F2. The summed E-state index contributed by atoms with van der Waals surface area (Å²) in [4.78, 5) is 0. The fourth-order valence-electron chi connectivity index (χ4n) is 1.14. The third kappa shape index (κ3) is 22.6. The first-order valence-electron chi connectivity index (χ1n) is 9.02. The van der Waals surface area contributed by atoms with E-state index in [1.807, 2.05) is 75.3 Å². The van der Waals surface area contributed by atoms with Gasteiger partial charge in [-0.2, -0.15) is 0 Å². The van der Waals surface area contributed by atoms with Gasteiger partial charge in [0, 0.05) is 0 Å². The first-order valence-corrected chi connectivity index (χ1v) is 9.02. The van der Waals surface area contributed by atoms with Gasteiger partial charge >= 0.3 is 0 Å². The standard InChI is InChI=1S/2C7H7F.4C2H6/c1-6-2-4-7(8)5-3-6;1-6-3-2-4-7(8)5-6;4*1-2/h2*2-5H,1H3;4*1-2H3. The van der Waals surface area contributed by atoms with Crippen molar-refractivity contribution in [2.75, 3.05) is 0 Å². The average Bonchev–Trinajstić information content (AvgIpc) is 2.65. The van der Waals surface area contributed by atoms with E-state index in [0.717, 1.165) is 11.1 Å². The second kappa shape index (κ2) is 26.2. The molecule has 0 saturated heterocycles. The Morgan fingerprint density at radius 2 is 0.917 bits per heavy atom. The first-order chi connectivity index (χ1) is 11.6. The first kappa shape index (κ1) is 30.2. The van der Waals surface area contributed by atoms with E-state index in [2.05, 4.69) is 0 Å². The molecular weight excluding hydrogens is 302 g/mol. The Morgan fingerprint density at radius 3 is 1.17 bits per heavy atom. The van der Waals surface area contributed by atoms with Gasteiger partial charge in [-0.15, -0.1) is 0 Å². The Balaban J connectivity index is -0.000000118. The van der Waals surface area contributed by atoms with Gasteiger partial charge in [-0.25, -0.2) is 8.78 Å². The van der Waals surface area contributed by atoms with Gasteiger partial charge in [0.2, 0.25) is 0 Å². The van der Waals surface area contributed by atoms with Crippen LogP contribution in [0.3, 0.4) is 0 Å². The Labute approximate surface area is 149 Å². The van der Waals surface area contributed by atoms with Gasteiger partial charge in [0.15, 0.2) is 0 Å². The van der Waals surface area contributed by atoms with E-state index in [-0.39, 0.29) is 11.6 Å². The molecule has 2 heteroatoms. The van der Waals surface area contributed by atoms with Crippen LogP contribution in [0.5, 0.6) is 0 Å². The Kier molecular flexibility index (Phi) is 33.0. The molecule has 0 N–H and O–H groups in total. The second-order valence-electron chi connectivity index (χ2n) is 3.59. The van der Waals surface area contributed by atoms with Gasteiger partial charge in [0.25, 0.3) is 0 Å². The van der Waals surface area contributed by atoms with Gasteiger partial charge in [-0.05, 0) is 43.7 Å². The fraction of sp³-hybridized carbons (Fsp3) is 0.455. The number of halogens is 2. The summed E-state index contributed by atoms with van der Waals surface area (Å²) < 4.78 is 24.3. The van der Waals surface area contributed by atoms with E-state index in [4.69, 9.17) is 0 Å². The predicted molar refractivity (Wildman–Crippen MR) is 108 cm³/mol. The molecule has 0 unspecified atom stereocenters. The fourth-order valence-corrected chi connectivity index (χ4v) is 1.14. The molecule has 0 spiro atoms. The molecule has 0 heterocycles. The molecule has 0 atom stereocenters. The minimum Gasteiger partial charge on any atom is -0.207 e. The van der Waals surface area contributed by atoms with Crippen molar-refractivity contribution in [2.45, 2.75) is 69.2 Å². The molecule has 0 saturated carbocycles. The van der Waals surface area contributed by atoms with Crippen LogP contribution >= 0.6 is 0 Å². The lowest BCUT2D eigenvalue weighted by Gasteiger charge is -1.87. The van der Waals surface area contributed by atoms with Crippen molar-refractivity contribution in [3.05, 3.63) is 71.3 Å². The van der Waals surface area contributed by atoms with Gasteiger partial charge in [-0.1, -0.05) is 85.2 Å². The molecule has 140 valence electrons. The Morgan fingerprint density at radius 1 is 0.500 bits per heavy atom. The molecule has 0 amide bonds. The number of hydrogen-bond donors (Lipinski definition) is 0. The summed E-state index contributed by atoms with van der Waals surface area (Å²) in [5, 5.41) is 0. The zero-order valence-electron chi connectivity index (χ0n) is 17.4. The SMILES string of the molecule is CC.CC.CC.CC.Cc1ccc(F)cc1.Cc1cccc(F)c1. The van der Waals surface area contributed by atoms with E-state index in [0.29, 0.717) is 0 Å². The van der Waals surface area contributed by atoms with Crippen molar-refractivity contribution in [2.24, 2.45) is 0 Å². The molecule has 0 nitrogen and oxygen atoms in total. The molecule has 0 aliphatic heterocycles. The third-order valence-electron chi connectivity index (χ3n) is 1.99. The number of aryl methyl sites for hydroxylation is 2. The average molecular weight is 341 g/mol. The van der Waals surface area contributed by atoms with E-state index in [9.17, 15) is 8.78 Å². The van der Waals surface area contributed by atoms with E-state index in [1.54, 1.807) is 18.2 Å². The van der Waals surface area contributed by atoms with Crippen LogP contribution in [0.2, 0.25) is 0 Å². The molecule has 0 aliphatic carbocycles. The van der Waals surface area contributed by atoms with E-state index in [1.165, 1.54) is 24.3 Å². The lowest BCUT2D eigenvalue weighted by atomic mass is 10.2. The van der Waals surface area contributed by atoms with Gasteiger partial charge in [-0.3, -0.25) is 0 Å². The van der Waals surface area contributed by atoms with Crippen molar-refractivity contribution < 1.29 is 8.78 Å². The van der Waals surface area contributed by atoms with Crippen LogP contribution in [0.15, 0.2) is 48.5 Å². The molecule has 2 aromatic carbocycles. The highest BCUT2D eigenvalue weighted by atomic mass is 19.1. The molecule has 0 aliphatic rings. The van der Waals surface area contributed by atoms with Gasteiger partial charge in [0.1, 0.15) is 11.6 Å². The summed E-state index contributed by atoms with van der Waals surface area (Å²) in [5.74, 6) is -0.333. The molecule has 2 aromatic rings. The quantitative estimate of drug-likeness (QED) is 0.452. The summed E-state index contributed by atoms with van der Waals surface area (Å²) in [6.45, 7) is 19.8. The summed E-state index contributed by atoms with van der Waals surface area (Å²) in [5.41, 5.74) is 2.05. The summed E-state index contributed by atoms with van der Waals surface area (Å²) in [6.07, 6.45) is 0. The zero-order chi connectivity index (χ0) is 20.0. The largest absolute Gasteiger partial charge is 0.207 e. The molecule has 0 fully saturated rings. The van der Waals surface area contributed by atoms with Crippen LogP contribution in [0, 0.1) is 25.5 Å². The molecule has 0 radical (unpaired) electrons. The summed E-state index contributed by atoms with van der Waals surface area (Å²) in [7, 11) is 0. The maximum Gasteiger partial charge on any atom is 0.123 e. The maximum absolute atomic E-state index is 12.2. The second-order valence-corrected chi connectivity index (χ2v) is 3.59.